The SMILES string of the molecule is CCOC(=O)C1=C(C)N=c2s/c(=C/c3ccc(OC)cc3C)c(=O)n2[C@@H]1c1ccccc1OC(C)C. The first-order chi connectivity index (χ1) is 17.2. The maximum atomic E-state index is 13.8. The number of aromatic nitrogens is 1. The van der Waals surface area contributed by atoms with Crippen molar-refractivity contribution in [2.24, 2.45) is 4.99 Å². The highest BCUT2D eigenvalue weighted by molar-refractivity contribution is 7.07. The average molecular weight is 507 g/mol. The Morgan fingerprint density at radius 2 is 1.94 bits per heavy atom. The van der Waals surface area contributed by atoms with Crippen molar-refractivity contribution in [2.45, 2.75) is 46.8 Å². The van der Waals surface area contributed by atoms with Crippen molar-refractivity contribution >= 4 is 23.4 Å². The van der Waals surface area contributed by atoms with Crippen molar-refractivity contribution in [1.82, 2.24) is 4.57 Å². The summed E-state index contributed by atoms with van der Waals surface area (Å²) in [5.41, 5.74) is 3.21. The molecule has 0 fully saturated rings. The van der Waals surface area contributed by atoms with Gasteiger partial charge in [0.1, 0.15) is 17.5 Å². The molecule has 0 aliphatic carbocycles. The van der Waals surface area contributed by atoms with Crippen molar-refractivity contribution < 1.29 is 19.0 Å². The molecular formula is C28H30N2O5S. The monoisotopic (exact) mass is 506 g/mol. The summed E-state index contributed by atoms with van der Waals surface area (Å²) < 4.78 is 18.9. The minimum Gasteiger partial charge on any atom is -0.497 e. The van der Waals surface area contributed by atoms with Crippen LogP contribution in [0, 0.1) is 6.92 Å². The molecule has 0 radical (unpaired) electrons. The Bertz CT molecular complexity index is 1510. The molecule has 0 saturated heterocycles. The van der Waals surface area contributed by atoms with Crippen LogP contribution < -0.4 is 24.4 Å². The molecule has 3 aromatic rings. The van der Waals surface area contributed by atoms with Crippen molar-refractivity contribution in [1.29, 1.82) is 0 Å². The number of allylic oxidation sites excluding steroid dienone is 1. The zero-order valence-electron chi connectivity index (χ0n) is 21.3. The van der Waals surface area contributed by atoms with Crippen LogP contribution in [0.15, 0.2) is 63.5 Å². The minimum absolute atomic E-state index is 0.0869. The molecule has 0 saturated carbocycles. The standard InChI is InChI=1S/C28H30N2O5S/c1-7-34-27(32)24-18(5)29-28-30(25(24)21-10-8-9-11-22(21)35-16(2)3)26(31)23(36-28)15-19-12-13-20(33-6)14-17(19)4/h8-16,25H,7H2,1-6H3/b23-15+/t25-/m1/s1. The van der Waals surface area contributed by atoms with Crippen LogP contribution in [-0.2, 0) is 9.53 Å². The van der Waals surface area contributed by atoms with Crippen LogP contribution in [0.25, 0.3) is 6.08 Å². The zero-order chi connectivity index (χ0) is 26.0. The first-order valence-corrected chi connectivity index (χ1v) is 12.7. The second kappa shape index (κ2) is 10.5. The van der Waals surface area contributed by atoms with Gasteiger partial charge in [0.05, 0.1) is 35.6 Å². The number of thiazole rings is 1. The Balaban J connectivity index is 1.97. The van der Waals surface area contributed by atoms with Crippen molar-refractivity contribution in [3.05, 3.63) is 90.1 Å². The summed E-state index contributed by atoms with van der Waals surface area (Å²) in [6.45, 7) is 9.59. The van der Waals surface area contributed by atoms with E-state index in [1.807, 2.05) is 69.3 Å². The van der Waals surface area contributed by atoms with Crippen LogP contribution in [0.3, 0.4) is 0 Å². The van der Waals surface area contributed by atoms with Gasteiger partial charge in [-0.25, -0.2) is 9.79 Å². The molecule has 188 valence electrons. The lowest BCUT2D eigenvalue weighted by Crippen LogP contribution is -2.40. The lowest BCUT2D eigenvalue weighted by atomic mass is 9.95. The van der Waals surface area contributed by atoms with Gasteiger partial charge in [-0.1, -0.05) is 35.6 Å². The van der Waals surface area contributed by atoms with E-state index in [0.717, 1.165) is 16.9 Å². The summed E-state index contributed by atoms with van der Waals surface area (Å²) in [7, 11) is 1.62. The van der Waals surface area contributed by atoms with Crippen molar-refractivity contribution in [3.63, 3.8) is 0 Å². The maximum absolute atomic E-state index is 13.8. The number of hydrogen-bond acceptors (Lipinski definition) is 7. The predicted octanol–water partition coefficient (Wildman–Crippen LogP) is 3.90. The molecule has 1 aliphatic rings. The summed E-state index contributed by atoms with van der Waals surface area (Å²) in [6, 6.07) is 12.5. The van der Waals surface area contributed by atoms with Crippen molar-refractivity contribution in [3.8, 4) is 11.5 Å². The molecule has 2 heterocycles. The molecule has 2 aromatic carbocycles. The van der Waals surface area contributed by atoms with E-state index in [9.17, 15) is 9.59 Å². The molecule has 36 heavy (non-hydrogen) atoms. The number of nitrogens with zero attached hydrogens (tertiary/aromatic N) is 2. The topological polar surface area (TPSA) is 79.1 Å². The van der Waals surface area contributed by atoms with Crippen LogP contribution in [0.1, 0.15) is 50.4 Å². The van der Waals surface area contributed by atoms with Gasteiger partial charge >= 0.3 is 5.97 Å². The Labute approximate surface area is 214 Å². The normalized spacial score (nSPS) is 15.5. The van der Waals surface area contributed by atoms with Gasteiger partial charge in [-0.3, -0.25) is 9.36 Å². The molecule has 0 N–H and O–H groups in total. The van der Waals surface area contributed by atoms with Gasteiger partial charge < -0.3 is 14.2 Å². The van der Waals surface area contributed by atoms with Gasteiger partial charge in [-0.2, -0.15) is 0 Å². The molecule has 8 heteroatoms. The second-order valence-electron chi connectivity index (χ2n) is 8.73. The van der Waals surface area contributed by atoms with Crippen LogP contribution >= 0.6 is 11.3 Å². The number of carbonyl (C=O) groups excluding carboxylic acids is 1. The zero-order valence-corrected chi connectivity index (χ0v) is 22.1. The summed E-state index contributed by atoms with van der Waals surface area (Å²) in [5, 5.41) is 0. The molecule has 4 rings (SSSR count). The van der Waals surface area contributed by atoms with E-state index < -0.39 is 12.0 Å². The number of fused-ring (bicyclic) bond motifs is 1. The molecule has 0 spiro atoms. The first kappa shape index (κ1) is 25.4. The first-order valence-electron chi connectivity index (χ1n) is 11.8. The lowest BCUT2D eigenvalue weighted by molar-refractivity contribution is -0.139. The molecular weight excluding hydrogens is 476 g/mol. The van der Waals surface area contributed by atoms with Gasteiger partial charge in [0.15, 0.2) is 4.80 Å². The third-order valence-corrected chi connectivity index (χ3v) is 6.84. The molecule has 0 bridgehead atoms. The van der Waals surface area contributed by atoms with Gasteiger partial charge in [-0.15, -0.1) is 0 Å². The largest absolute Gasteiger partial charge is 0.497 e. The fourth-order valence-electron chi connectivity index (χ4n) is 4.23. The third kappa shape index (κ3) is 4.86. The highest BCUT2D eigenvalue weighted by Gasteiger charge is 2.35. The van der Waals surface area contributed by atoms with E-state index in [1.54, 1.807) is 25.5 Å². The summed E-state index contributed by atoms with van der Waals surface area (Å²) in [6.07, 6.45) is 1.77. The van der Waals surface area contributed by atoms with Crippen LogP contribution in [-0.4, -0.2) is 30.4 Å². The van der Waals surface area contributed by atoms with E-state index in [0.29, 0.717) is 31.9 Å². The predicted molar refractivity (Wildman–Crippen MR) is 140 cm³/mol. The molecule has 7 nitrogen and oxygen atoms in total. The maximum Gasteiger partial charge on any atom is 0.338 e. The Kier molecular flexibility index (Phi) is 7.45. The summed E-state index contributed by atoms with van der Waals surface area (Å²) >= 11 is 1.29. The van der Waals surface area contributed by atoms with E-state index in [4.69, 9.17) is 14.2 Å². The number of benzene rings is 2. The quantitative estimate of drug-likeness (QED) is 0.454. The van der Waals surface area contributed by atoms with Gasteiger partial charge in [-0.05, 0) is 70.0 Å². The van der Waals surface area contributed by atoms with Crippen molar-refractivity contribution in [2.75, 3.05) is 13.7 Å². The molecule has 1 atom stereocenters. The Morgan fingerprint density at radius 1 is 1.19 bits per heavy atom. The smallest absolute Gasteiger partial charge is 0.338 e. The van der Waals surface area contributed by atoms with E-state index in [2.05, 4.69) is 4.99 Å². The fraction of sp³-hybridized carbons (Fsp3) is 0.321. The Hall–Kier alpha value is -3.65. The van der Waals surface area contributed by atoms with Gasteiger partial charge in [0.2, 0.25) is 0 Å². The number of rotatable bonds is 7. The molecule has 1 aromatic heterocycles. The number of esters is 1. The number of methoxy groups -OCH3 is 1. The number of carbonyl (C=O) groups is 1. The fourth-order valence-corrected chi connectivity index (χ4v) is 5.27. The van der Waals surface area contributed by atoms with Crippen LogP contribution in [0.5, 0.6) is 11.5 Å². The third-order valence-electron chi connectivity index (χ3n) is 5.86. The average Bonchev–Trinajstić information content (AvgIpc) is 3.14. The number of hydrogen-bond donors (Lipinski definition) is 0. The Morgan fingerprint density at radius 3 is 2.61 bits per heavy atom. The molecule has 0 unspecified atom stereocenters. The van der Waals surface area contributed by atoms with Crippen LogP contribution in [0.2, 0.25) is 0 Å². The van der Waals surface area contributed by atoms with Crippen LogP contribution in [0.4, 0.5) is 0 Å². The van der Waals surface area contributed by atoms with E-state index >= 15 is 0 Å². The second-order valence-corrected chi connectivity index (χ2v) is 9.74. The van der Waals surface area contributed by atoms with Gasteiger partial charge in [0, 0.05) is 5.56 Å². The lowest BCUT2D eigenvalue weighted by Gasteiger charge is -2.26. The number of aryl methyl sites for hydroxylation is 1. The summed E-state index contributed by atoms with van der Waals surface area (Å²) in [4.78, 5) is 32.2. The van der Waals surface area contributed by atoms with E-state index in [-0.39, 0.29) is 18.3 Å². The summed E-state index contributed by atoms with van der Waals surface area (Å²) in [5.74, 6) is 0.862. The highest BCUT2D eigenvalue weighted by Crippen LogP contribution is 2.36. The number of ether oxygens (including phenoxy) is 3. The highest BCUT2D eigenvalue weighted by atomic mass is 32.1. The minimum atomic E-state index is -0.727. The molecule has 0 amide bonds. The molecule has 1 aliphatic heterocycles. The number of para-hydroxylation sites is 1. The van der Waals surface area contributed by atoms with E-state index in [1.165, 1.54) is 11.3 Å². The van der Waals surface area contributed by atoms with Gasteiger partial charge in [0.25, 0.3) is 5.56 Å².